The number of amides is 2. The molecule has 152 valence electrons. The number of ether oxygens (including phenoxy) is 1. The van der Waals surface area contributed by atoms with Crippen LogP contribution in [0.4, 0.5) is 4.39 Å². The van der Waals surface area contributed by atoms with Gasteiger partial charge in [0.1, 0.15) is 18.1 Å². The maximum Gasteiger partial charge on any atom is 0.274 e. The first-order valence-corrected chi connectivity index (χ1v) is 9.76. The molecule has 7 nitrogen and oxygen atoms in total. The van der Waals surface area contributed by atoms with Gasteiger partial charge in [0.05, 0.1) is 12.2 Å². The predicted molar refractivity (Wildman–Crippen MR) is 102 cm³/mol. The molecule has 0 aliphatic carbocycles. The molecule has 2 fully saturated rings. The van der Waals surface area contributed by atoms with Crippen LogP contribution in [-0.4, -0.2) is 64.4 Å². The zero-order valence-electron chi connectivity index (χ0n) is 16.2. The molecule has 4 rings (SSSR count). The second-order valence-corrected chi connectivity index (χ2v) is 7.41. The fraction of sp³-hybridized carbons (Fsp3) is 0.429. The van der Waals surface area contributed by atoms with E-state index in [1.165, 1.54) is 30.7 Å². The van der Waals surface area contributed by atoms with Crippen molar-refractivity contribution >= 4 is 11.8 Å². The van der Waals surface area contributed by atoms with E-state index in [4.69, 9.17) is 4.74 Å². The molecule has 0 unspecified atom stereocenters. The fourth-order valence-corrected chi connectivity index (χ4v) is 4.41. The average molecular weight is 398 g/mol. The van der Waals surface area contributed by atoms with Crippen LogP contribution in [0.3, 0.4) is 0 Å². The number of benzene rings is 1. The highest BCUT2D eigenvalue weighted by Gasteiger charge is 2.50. The molecule has 0 spiro atoms. The van der Waals surface area contributed by atoms with Gasteiger partial charge in [-0.1, -0.05) is 12.1 Å². The third-order valence-electron chi connectivity index (χ3n) is 5.68. The van der Waals surface area contributed by atoms with E-state index in [1.54, 1.807) is 15.9 Å². The number of fused-ring (bicyclic) bond motifs is 1. The van der Waals surface area contributed by atoms with E-state index < -0.39 is 0 Å². The van der Waals surface area contributed by atoms with Crippen LogP contribution in [0.15, 0.2) is 42.9 Å². The molecule has 2 aromatic rings. The summed E-state index contributed by atoms with van der Waals surface area (Å²) in [6, 6.07) is 6.01. The van der Waals surface area contributed by atoms with Crippen LogP contribution in [0.5, 0.6) is 0 Å². The first-order chi connectivity index (χ1) is 14.1. The van der Waals surface area contributed by atoms with Crippen molar-refractivity contribution < 1.29 is 18.7 Å². The quantitative estimate of drug-likeness (QED) is 0.769. The monoisotopic (exact) mass is 398 g/mol. The maximum atomic E-state index is 14.0. The third kappa shape index (κ3) is 3.85. The summed E-state index contributed by atoms with van der Waals surface area (Å²) < 4.78 is 19.2. The summed E-state index contributed by atoms with van der Waals surface area (Å²) in [6.45, 7) is 3.96. The van der Waals surface area contributed by atoms with Crippen LogP contribution in [0.1, 0.15) is 29.0 Å². The van der Waals surface area contributed by atoms with Crippen molar-refractivity contribution in [2.45, 2.75) is 13.0 Å². The Morgan fingerprint density at radius 1 is 1.24 bits per heavy atom. The summed E-state index contributed by atoms with van der Waals surface area (Å²) in [5, 5.41) is 0. The van der Waals surface area contributed by atoms with Crippen LogP contribution < -0.4 is 0 Å². The highest BCUT2D eigenvalue weighted by Crippen LogP contribution is 2.45. The van der Waals surface area contributed by atoms with Crippen LogP contribution in [0.2, 0.25) is 0 Å². The van der Waals surface area contributed by atoms with Crippen LogP contribution in [0.25, 0.3) is 0 Å². The van der Waals surface area contributed by atoms with Gasteiger partial charge in [0.25, 0.3) is 5.91 Å². The number of nitrogens with zero attached hydrogens (tertiary/aromatic N) is 4. The lowest BCUT2D eigenvalue weighted by molar-refractivity contribution is -0.135. The minimum atomic E-state index is -0.347. The molecule has 2 aliphatic rings. The van der Waals surface area contributed by atoms with Gasteiger partial charge in [-0.2, -0.15) is 0 Å². The lowest BCUT2D eigenvalue weighted by Crippen LogP contribution is -2.38. The van der Waals surface area contributed by atoms with Gasteiger partial charge in [-0.25, -0.2) is 9.37 Å². The number of carbonyl (C=O) groups excluding carboxylic acids is 2. The minimum Gasteiger partial charge on any atom is -0.372 e. The maximum absolute atomic E-state index is 14.0. The third-order valence-corrected chi connectivity index (χ3v) is 5.68. The molecular weight excluding hydrogens is 375 g/mol. The van der Waals surface area contributed by atoms with Gasteiger partial charge in [-0.15, -0.1) is 0 Å². The van der Waals surface area contributed by atoms with Gasteiger partial charge in [-0.05, 0) is 24.6 Å². The van der Waals surface area contributed by atoms with Gasteiger partial charge >= 0.3 is 0 Å². The Kier molecular flexibility index (Phi) is 5.53. The van der Waals surface area contributed by atoms with Crippen molar-refractivity contribution in [3.63, 3.8) is 0 Å². The molecule has 3 atom stereocenters. The minimum absolute atomic E-state index is 0.0306. The van der Waals surface area contributed by atoms with Gasteiger partial charge in [0.15, 0.2) is 0 Å². The Labute approximate surface area is 168 Å². The predicted octanol–water partition coefficient (Wildman–Crippen LogP) is 1.92. The van der Waals surface area contributed by atoms with E-state index in [0.29, 0.717) is 26.2 Å². The van der Waals surface area contributed by atoms with Crippen molar-refractivity contribution in [1.82, 2.24) is 19.8 Å². The number of aromatic nitrogens is 2. The lowest BCUT2D eigenvalue weighted by Gasteiger charge is -2.29. The second-order valence-electron chi connectivity index (χ2n) is 7.41. The topological polar surface area (TPSA) is 75.6 Å². The van der Waals surface area contributed by atoms with E-state index in [1.807, 2.05) is 13.0 Å². The van der Waals surface area contributed by atoms with E-state index in [-0.39, 0.29) is 47.8 Å². The van der Waals surface area contributed by atoms with Crippen molar-refractivity contribution in [3.05, 3.63) is 59.9 Å². The molecule has 0 bridgehead atoms. The van der Waals surface area contributed by atoms with E-state index >= 15 is 0 Å². The van der Waals surface area contributed by atoms with Gasteiger partial charge in [-0.3, -0.25) is 14.6 Å². The van der Waals surface area contributed by atoms with Crippen LogP contribution >= 0.6 is 0 Å². The van der Waals surface area contributed by atoms with E-state index in [0.717, 1.165) is 5.56 Å². The molecule has 8 heteroatoms. The SMILES string of the molecule is CCOCC(=O)N1C[C@H]2CN(C(=O)c3cnccn3)[C@H](c3cccc(F)c3)[C@H]2C1. The largest absolute Gasteiger partial charge is 0.372 e. The van der Waals surface area contributed by atoms with Crippen LogP contribution in [-0.2, 0) is 9.53 Å². The molecule has 0 N–H and O–H groups in total. The number of hydrogen-bond acceptors (Lipinski definition) is 5. The Bertz CT molecular complexity index is 895. The Morgan fingerprint density at radius 2 is 2.10 bits per heavy atom. The Morgan fingerprint density at radius 3 is 2.83 bits per heavy atom. The smallest absolute Gasteiger partial charge is 0.274 e. The number of carbonyl (C=O) groups is 2. The molecule has 0 radical (unpaired) electrons. The van der Waals surface area contributed by atoms with Crippen molar-refractivity contribution in [2.24, 2.45) is 11.8 Å². The van der Waals surface area contributed by atoms with E-state index in [2.05, 4.69) is 9.97 Å². The number of hydrogen-bond donors (Lipinski definition) is 0. The molecule has 2 saturated heterocycles. The van der Waals surface area contributed by atoms with Gasteiger partial charge < -0.3 is 14.5 Å². The van der Waals surface area contributed by atoms with Crippen molar-refractivity contribution in [2.75, 3.05) is 32.8 Å². The van der Waals surface area contributed by atoms with Crippen molar-refractivity contribution in [3.8, 4) is 0 Å². The number of halogens is 1. The number of rotatable bonds is 5. The summed E-state index contributed by atoms with van der Waals surface area (Å²) in [6.07, 6.45) is 4.44. The summed E-state index contributed by atoms with van der Waals surface area (Å²) in [5.74, 6) is -0.474. The summed E-state index contributed by atoms with van der Waals surface area (Å²) in [4.78, 5) is 37.2. The summed E-state index contributed by atoms with van der Waals surface area (Å²) >= 11 is 0. The first kappa shape index (κ1) is 19.4. The summed E-state index contributed by atoms with van der Waals surface area (Å²) in [7, 11) is 0. The Hall–Kier alpha value is -2.87. The normalized spacial score (nSPS) is 23.3. The molecule has 2 amide bonds. The highest BCUT2D eigenvalue weighted by molar-refractivity contribution is 5.92. The van der Waals surface area contributed by atoms with Gasteiger partial charge in [0, 0.05) is 50.5 Å². The molecule has 1 aromatic carbocycles. The molecule has 1 aromatic heterocycles. The first-order valence-electron chi connectivity index (χ1n) is 9.76. The molecule has 29 heavy (non-hydrogen) atoms. The number of likely N-dealkylation sites (tertiary alicyclic amines) is 2. The lowest BCUT2D eigenvalue weighted by atomic mass is 9.89. The van der Waals surface area contributed by atoms with Crippen LogP contribution in [0, 0.1) is 17.7 Å². The molecule has 0 saturated carbocycles. The molecular formula is C21H23FN4O3. The summed E-state index contributed by atoms with van der Waals surface area (Å²) in [5.41, 5.74) is 0.993. The molecule has 3 heterocycles. The van der Waals surface area contributed by atoms with Crippen molar-refractivity contribution in [1.29, 1.82) is 0 Å². The Balaban J connectivity index is 1.61. The highest BCUT2D eigenvalue weighted by atomic mass is 19.1. The molecule has 2 aliphatic heterocycles. The van der Waals surface area contributed by atoms with E-state index in [9.17, 15) is 14.0 Å². The van der Waals surface area contributed by atoms with Gasteiger partial charge in [0.2, 0.25) is 5.91 Å². The second kappa shape index (κ2) is 8.24. The average Bonchev–Trinajstić information content (AvgIpc) is 3.30. The zero-order chi connectivity index (χ0) is 20.4. The fourth-order valence-electron chi connectivity index (χ4n) is 4.41. The zero-order valence-corrected chi connectivity index (χ0v) is 16.2. The standard InChI is InChI=1S/C21H23FN4O3/c1-2-29-13-19(27)25-10-15-11-26(21(28)18-9-23-6-7-24-18)20(17(15)12-25)14-4-3-5-16(22)8-14/h3-9,15,17,20H,2,10-13H2,1H3/t15-,17-,20+/m0/s1.